The van der Waals surface area contributed by atoms with Gasteiger partial charge in [-0.25, -0.2) is 13.1 Å². The Morgan fingerprint density at radius 1 is 1.53 bits per heavy atom. The second-order valence-electron chi connectivity index (χ2n) is 4.18. The van der Waals surface area contributed by atoms with Gasteiger partial charge in [-0.2, -0.15) is 5.10 Å². The van der Waals surface area contributed by atoms with E-state index in [-0.39, 0.29) is 17.4 Å². The van der Waals surface area contributed by atoms with Gasteiger partial charge >= 0.3 is 0 Å². The smallest absolute Gasteiger partial charge is 0.250 e. The third-order valence-corrected chi connectivity index (χ3v) is 5.73. The second kappa shape index (κ2) is 5.41. The van der Waals surface area contributed by atoms with E-state index in [4.69, 9.17) is 5.11 Å². The van der Waals surface area contributed by atoms with E-state index in [0.717, 1.165) is 22.5 Å². The zero-order chi connectivity index (χ0) is 14.0. The molecular formula is C11H15N3O3S2. The molecule has 2 rings (SSSR count). The molecule has 0 aliphatic heterocycles. The van der Waals surface area contributed by atoms with E-state index in [2.05, 4.69) is 9.82 Å². The van der Waals surface area contributed by atoms with Crippen molar-refractivity contribution in [2.45, 2.75) is 24.3 Å². The van der Waals surface area contributed by atoms with Gasteiger partial charge in [-0.1, -0.05) is 0 Å². The molecule has 19 heavy (non-hydrogen) atoms. The van der Waals surface area contributed by atoms with Crippen LogP contribution in [0.1, 0.15) is 16.0 Å². The molecule has 0 amide bonds. The first-order valence-corrected chi connectivity index (χ1v) is 7.89. The predicted molar refractivity (Wildman–Crippen MR) is 72.2 cm³/mol. The van der Waals surface area contributed by atoms with Crippen molar-refractivity contribution in [2.24, 2.45) is 7.05 Å². The molecule has 0 spiro atoms. The van der Waals surface area contributed by atoms with E-state index >= 15 is 0 Å². The van der Waals surface area contributed by atoms with Crippen molar-refractivity contribution >= 4 is 21.4 Å². The van der Waals surface area contributed by atoms with Crippen LogP contribution in [0.5, 0.6) is 0 Å². The zero-order valence-corrected chi connectivity index (χ0v) is 12.3. The lowest BCUT2D eigenvalue weighted by molar-refractivity contribution is 0.285. The summed E-state index contributed by atoms with van der Waals surface area (Å²) in [5, 5.41) is 13.1. The van der Waals surface area contributed by atoms with E-state index in [0.29, 0.717) is 4.88 Å². The lowest BCUT2D eigenvalue weighted by Crippen LogP contribution is -2.22. The number of nitrogens with zero attached hydrogens (tertiary/aromatic N) is 2. The Bertz CT molecular complexity index is 673. The van der Waals surface area contributed by atoms with Crippen LogP contribution in [0.3, 0.4) is 0 Å². The largest absolute Gasteiger partial charge is 0.391 e. The molecule has 0 aromatic carbocycles. The highest BCUT2D eigenvalue weighted by molar-refractivity contribution is 7.91. The Balaban J connectivity index is 2.13. The third kappa shape index (κ3) is 3.21. The van der Waals surface area contributed by atoms with Crippen LogP contribution in [0.25, 0.3) is 0 Å². The van der Waals surface area contributed by atoms with Crippen LogP contribution >= 0.6 is 11.3 Å². The summed E-state index contributed by atoms with van der Waals surface area (Å²) in [5.74, 6) is 0. The Morgan fingerprint density at radius 3 is 2.79 bits per heavy atom. The molecule has 2 aromatic heterocycles. The van der Waals surface area contributed by atoms with Gasteiger partial charge in [0.1, 0.15) is 4.21 Å². The number of hydrogen-bond donors (Lipinski definition) is 2. The van der Waals surface area contributed by atoms with Gasteiger partial charge in [-0.05, 0) is 18.6 Å². The molecule has 0 radical (unpaired) electrons. The summed E-state index contributed by atoms with van der Waals surface area (Å²) in [5.41, 5.74) is 1.58. The number of aryl methyl sites for hydroxylation is 2. The van der Waals surface area contributed by atoms with Gasteiger partial charge in [0, 0.05) is 30.2 Å². The highest BCUT2D eigenvalue weighted by atomic mass is 32.2. The standard InChI is InChI=1S/C11H15N3O3S2/c1-8-3-11(18-10(8)7-15)19(16,17)13-5-9-4-12-14(2)6-9/h3-4,6,13,15H,5,7H2,1-2H3. The maximum atomic E-state index is 12.1. The molecule has 8 heteroatoms. The normalized spacial score (nSPS) is 11.9. The summed E-state index contributed by atoms with van der Waals surface area (Å²) in [6, 6.07) is 1.57. The summed E-state index contributed by atoms with van der Waals surface area (Å²) < 4.78 is 28.5. The van der Waals surface area contributed by atoms with Gasteiger partial charge in [-0.3, -0.25) is 4.68 Å². The van der Waals surface area contributed by atoms with Crippen LogP contribution in [0, 0.1) is 6.92 Å². The van der Waals surface area contributed by atoms with Gasteiger partial charge in [0.2, 0.25) is 10.0 Å². The Labute approximate surface area is 115 Å². The fourth-order valence-corrected chi connectivity index (χ4v) is 4.10. The van der Waals surface area contributed by atoms with Crippen LogP contribution in [-0.4, -0.2) is 23.3 Å². The maximum absolute atomic E-state index is 12.1. The molecular weight excluding hydrogens is 286 g/mol. The van der Waals surface area contributed by atoms with E-state index in [1.54, 1.807) is 37.1 Å². The molecule has 0 fully saturated rings. The topological polar surface area (TPSA) is 84.2 Å². The molecule has 6 nitrogen and oxygen atoms in total. The minimum Gasteiger partial charge on any atom is -0.391 e. The fourth-order valence-electron chi connectivity index (χ4n) is 1.59. The first kappa shape index (κ1) is 14.2. The quantitative estimate of drug-likeness (QED) is 0.854. The number of aliphatic hydroxyl groups excluding tert-OH is 1. The molecule has 2 heterocycles. The summed E-state index contributed by atoms with van der Waals surface area (Å²) in [6.07, 6.45) is 3.36. The Morgan fingerprint density at radius 2 is 2.26 bits per heavy atom. The van der Waals surface area contributed by atoms with Gasteiger partial charge in [0.05, 0.1) is 12.8 Å². The zero-order valence-electron chi connectivity index (χ0n) is 10.6. The number of hydrogen-bond acceptors (Lipinski definition) is 5. The van der Waals surface area contributed by atoms with Gasteiger partial charge < -0.3 is 5.11 Å². The molecule has 2 aromatic rings. The van der Waals surface area contributed by atoms with Crippen LogP contribution in [0.4, 0.5) is 0 Å². The molecule has 2 N–H and O–H groups in total. The molecule has 0 atom stereocenters. The maximum Gasteiger partial charge on any atom is 0.250 e. The van der Waals surface area contributed by atoms with Crippen molar-refractivity contribution in [1.82, 2.24) is 14.5 Å². The molecule has 0 aliphatic carbocycles. The molecule has 104 valence electrons. The highest BCUT2D eigenvalue weighted by Gasteiger charge is 2.18. The number of sulfonamides is 1. The van der Waals surface area contributed by atoms with Crippen LogP contribution in [0.15, 0.2) is 22.7 Å². The van der Waals surface area contributed by atoms with Crippen molar-refractivity contribution in [3.05, 3.63) is 34.5 Å². The van der Waals surface area contributed by atoms with E-state index in [9.17, 15) is 8.42 Å². The van der Waals surface area contributed by atoms with Crippen LogP contribution in [0.2, 0.25) is 0 Å². The monoisotopic (exact) mass is 301 g/mol. The minimum absolute atomic E-state index is 0.144. The highest BCUT2D eigenvalue weighted by Crippen LogP contribution is 2.25. The SMILES string of the molecule is Cc1cc(S(=O)(=O)NCc2cnn(C)c2)sc1CO. The van der Waals surface area contributed by atoms with E-state index < -0.39 is 10.0 Å². The summed E-state index contributed by atoms with van der Waals surface area (Å²) in [6.45, 7) is 1.83. The number of rotatable bonds is 5. The molecule has 0 saturated carbocycles. The Kier molecular flexibility index (Phi) is 4.04. The number of nitrogens with one attached hydrogen (secondary N) is 1. The minimum atomic E-state index is -3.54. The molecule has 0 aliphatic rings. The van der Waals surface area contributed by atoms with Crippen molar-refractivity contribution in [1.29, 1.82) is 0 Å². The number of aromatic nitrogens is 2. The van der Waals surface area contributed by atoms with Gasteiger partial charge in [0.15, 0.2) is 0 Å². The lowest BCUT2D eigenvalue weighted by atomic mass is 10.3. The van der Waals surface area contributed by atoms with Gasteiger partial charge in [-0.15, -0.1) is 11.3 Å². The number of thiophene rings is 1. The summed E-state index contributed by atoms with van der Waals surface area (Å²) >= 11 is 1.09. The van der Waals surface area contributed by atoms with Gasteiger partial charge in [0.25, 0.3) is 0 Å². The molecule has 0 bridgehead atoms. The van der Waals surface area contributed by atoms with Crippen LogP contribution < -0.4 is 4.72 Å². The van der Waals surface area contributed by atoms with Crippen molar-refractivity contribution in [3.8, 4) is 0 Å². The third-order valence-electron chi connectivity index (χ3n) is 2.63. The first-order valence-electron chi connectivity index (χ1n) is 5.60. The predicted octanol–water partition coefficient (Wildman–Crippen LogP) is 0.761. The van der Waals surface area contributed by atoms with Crippen LogP contribution in [-0.2, 0) is 30.2 Å². The second-order valence-corrected chi connectivity index (χ2v) is 7.31. The fraction of sp³-hybridized carbons (Fsp3) is 0.364. The average Bonchev–Trinajstić information content (AvgIpc) is 2.93. The lowest BCUT2D eigenvalue weighted by Gasteiger charge is -2.02. The molecule has 0 saturated heterocycles. The summed E-state index contributed by atoms with van der Waals surface area (Å²) in [7, 11) is -1.77. The average molecular weight is 301 g/mol. The van der Waals surface area contributed by atoms with Crippen molar-refractivity contribution in [2.75, 3.05) is 0 Å². The van der Waals surface area contributed by atoms with Crippen molar-refractivity contribution in [3.63, 3.8) is 0 Å². The number of aliphatic hydroxyl groups is 1. The molecule has 0 unspecified atom stereocenters. The first-order chi connectivity index (χ1) is 8.92. The Hall–Kier alpha value is -1.22. The summed E-state index contributed by atoms with van der Waals surface area (Å²) in [4.78, 5) is 0.668. The van der Waals surface area contributed by atoms with E-state index in [1.165, 1.54) is 0 Å². The van der Waals surface area contributed by atoms with Crippen molar-refractivity contribution < 1.29 is 13.5 Å². The van der Waals surface area contributed by atoms with E-state index in [1.807, 2.05) is 0 Å².